The van der Waals surface area contributed by atoms with E-state index in [9.17, 15) is 9.90 Å². The third-order valence-corrected chi connectivity index (χ3v) is 9.04. The van der Waals surface area contributed by atoms with E-state index in [-0.39, 0.29) is 29.3 Å². The first-order chi connectivity index (χ1) is 15.0. The standard InChI is InChI=1S/C26H36N2O3/c1-18-7-6-10-20-15-22-23(24(29)26(18,20)2)21(25(30)31-22)17-28-13-11-27(12-14-28)16-19-8-4-3-5-9-19/h3-5,8-10,18,21-24,29H,6-7,11-17H2,1-2H3/p+2/t18-,21-,22+,23+,24-,26+/m0/s1. The van der Waals surface area contributed by atoms with Crippen molar-refractivity contribution in [1.82, 2.24) is 0 Å². The minimum atomic E-state index is -0.492. The number of esters is 1. The van der Waals surface area contributed by atoms with Crippen molar-refractivity contribution < 1.29 is 24.4 Å². The fraction of sp³-hybridized carbons (Fsp3) is 0.654. The van der Waals surface area contributed by atoms with Gasteiger partial charge in [0.05, 0.1) is 12.6 Å². The summed E-state index contributed by atoms with van der Waals surface area (Å²) in [7, 11) is 0. The molecule has 3 fully saturated rings. The van der Waals surface area contributed by atoms with Crippen LogP contribution in [0.5, 0.6) is 0 Å². The zero-order valence-electron chi connectivity index (χ0n) is 19.0. The predicted molar refractivity (Wildman–Crippen MR) is 118 cm³/mol. The fourth-order valence-corrected chi connectivity index (χ4v) is 6.83. The number of carbonyl (C=O) groups excluding carboxylic acids is 1. The normalized spacial score (nSPS) is 42.4. The van der Waals surface area contributed by atoms with Crippen molar-refractivity contribution in [3.8, 4) is 0 Å². The predicted octanol–water partition coefficient (Wildman–Crippen LogP) is 0.255. The lowest BCUT2D eigenvalue weighted by Gasteiger charge is -2.51. The number of quaternary nitrogens is 2. The van der Waals surface area contributed by atoms with E-state index in [1.165, 1.54) is 16.0 Å². The van der Waals surface area contributed by atoms with Gasteiger partial charge in [-0.3, -0.25) is 4.79 Å². The maximum atomic E-state index is 12.9. The first-order valence-corrected chi connectivity index (χ1v) is 12.3. The Labute approximate surface area is 186 Å². The average Bonchev–Trinajstić information content (AvgIpc) is 3.07. The number of nitrogens with one attached hydrogen (secondary N) is 2. The Hall–Kier alpha value is -1.69. The largest absolute Gasteiger partial charge is 0.461 e. The zero-order valence-corrected chi connectivity index (χ0v) is 19.0. The number of aliphatic hydroxyl groups excluding tert-OH is 1. The first kappa shape index (κ1) is 21.2. The number of piperazine rings is 1. The van der Waals surface area contributed by atoms with Gasteiger partial charge in [0.2, 0.25) is 0 Å². The summed E-state index contributed by atoms with van der Waals surface area (Å²) < 4.78 is 5.86. The number of benzene rings is 1. The second-order valence-corrected chi connectivity index (χ2v) is 10.7. The molecule has 4 aliphatic rings. The molecule has 0 aromatic heterocycles. The van der Waals surface area contributed by atoms with Crippen LogP contribution in [0.25, 0.3) is 0 Å². The summed E-state index contributed by atoms with van der Waals surface area (Å²) in [5.74, 6) is 0.143. The van der Waals surface area contributed by atoms with Crippen LogP contribution in [0.3, 0.4) is 0 Å². The summed E-state index contributed by atoms with van der Waals surface area (Å²) in [5.41, 5.74) is 2.51. The Bertz CT molecular complexity index is 832. The molecule has 3 N–H and O–H groups in total. The number of ether oxygens (including phenoxy) is 1. The molecule has 2 saturated heterocycles. The summed E-state index contributed by atoms with van der Waals surface area (Å²) in [6.45, 7) is 10.8. The molecule has 5 heteroatoms. The molecule has 1 saturated carbocycles. The van der Waals surface area contributed by atoms with Gasteiger partial charge in [0, 0.05) is 23.3 Å². The Morgan fingerprint density at radius 1 is 1.13 bits per heavy atom. The van der Waals surface area contributed by atoms with E-state index in [4.69, 9.17) is 4.74 Å². The van der Waals surface area contributed by atoms with E-state index in [0.717, 1.165) is 58.5 Å². The number of hydrogen-bond acceptors (Lipinski definition) is 3. The van der Waals surface area contributed by atoms with Gasteiger partial charge in [0.1, 0.15) is 44.7 Å². The van der Waals surface area contributed by atoms with Crippen LogP contribution in [-0.2, 0) is 16.1 Å². The smallest absolute Gasteiger partial charge is 0.315 e. The molecule has 5 rings (SSSR count). The average molecular weight is 427 g/mol. The summed E-state index contributed by atoms with van der Waals surface area (Å²) in [6.07, 6.45) is 4.68. The number of aliphatic hydroxyl groups is 1. The molecule has 2 heterocycles. The Morgan fingerprint density at radius 2 is 1.84 bits per heavy atom. The van der Waals surface area contributed by atoms with Gasteiger partial charge in [-0.25, -0.2) is 0 Å². The minimum absolute atomic E-state index is 0.0580. The highest BCUT2D eigenvalue weighted by Gasteiger charge is 2.60. The van der Waals surface area contributed by atoms with Gasteiger partial charge in [-0.1, -0.05) is 55.8 Å². The summed E-state index contributed by atoms with van der Waals surface area (Å²) in [5, 5.41) is 11.5. The third kappa shape index (κ3) is 3.75. The number of rotatable bonds is 4. The highest BCUT2D eigenvalue weighted by Crippen LogP contribution is 2.55. The topological polar surface area (TPSA) is 55.4 Å². The van der Waals surface area contributed by atoms with Gasteiger partial charge >= 0.3 is 5.97 Å². The molecule has 0 unspecified atom stereocenters. The fourth-order valence-electron chi connectivity index (χ4n) is 6.83. The Morgan fingerprint density at radius 3 is 2.58 bits per heavy atom. The Balaban J connectivity index is 1.24. The van der Waals surface area contributed by atoms with Crippen molar-refractivity contribution >= 4 is 5.97 Å². The van der Waals surface area contributed by atoms with Crippen molar-refractivity contribution in [2.24, 2.45) is 23.2 Å². The van der Waals surface area contributed by atoms with Gasteiger partial charge in [-0.05, 0) is 18.8 Å². The van der Waals surface area contributed by atoms with E-state index in [0.29, 0.717) is 5.92 Å². The van der Waals surface area contributed by atoms with Crippen LogP contribution in [0.4, 0.5) is 0 Å². The van der Waals surface area contributed by atoms with Gasteiger partial charge in [-0.2, -0.15) is 0 Å². The lowest BCUT2D eigenvalue weighted by Crippen LogP contribution is -3.27. The van der Waals surface area contributed by atoms with Gasteiger partial charge in [0.25, 0.3) is 0 Å². The zero-order chi connectivity index (χ0) is 21.6. The molecule has 0 spiro atoms. The quantitative estimate of drug-likeness (QED) is 0.478. The molecule has 168 valence electrons. The van der Waals surface area contributed by atoms with Crippen LogP contribution >= 0.6 is 0 Å². The third-order valence-electron chi connectivity index (χ3n) is 9.04. The Kier molecular flexibility index (Phi) is 5.70. The van der Waals surface area contributed by atoms with Gasteiger partial charge in [-0.15, -0.1) is 0 Å². The van der Waals surface area contributed by atoms with Crippen molar-refractivity contribution in [1.29, 1.82) is 0 Å². The van der Waals surface area contributed by atoms with E-state index in [2.05, 4.69) is 50.3 Å². The molecule has 1 aromatic carbocycles. The summed E-state index contributed by atoms with van der Waals surface area (Å²) in [4.78, 5) is 16.0. The number of fused-ring (bicyclic) bond motifs is 2. The molecule has 2 aliphatic heterocycles. The first-order valence-electron chi connectivity index (χ1n) is 12.3. The molecular formula is C26H38N2O3+2. The SMILES string of the molecule is C[C@H]1CCC=C2C[C@H]3OC(=O)[C@@H](C[NH+]4CC[NH+](Cc5ccccc5)CC4)[C@H]3[C@H](O)[C@@]21C. The van der Waals surface area contributed by atoms with Crippen LogP contribution in [0.2, 0.25) is 0 Å². The van der Waals surface area contributed by atoms with Crippen LogP contribution in [0.15, 0.2) is 42.0 Å². The van der Waals surface area contributed by atoms with Gasteiger partial charge < -0.3 is 19.6 Å². The summed E-state index contributed by atoms with van der Waals surface area (Å²) >= 11 is 0. The van der Waals surface area contributed by atoms with E-state index in [1.807, 2.05) is 0 Å². The van der Waals surface area contributed by atoms with Crippen LogP contribution in [-0.4, -0.2) is 56.0 Å². The second kappa shape index (κ2) is 8.34. The number of hydrogen-bond donors (Lipinski definition) is 3. The lowest BCUT2D eigenvalue weighted by molar-refractivity contribution is -1.02. The monoisotopic (exact) mass is 426 g/mol. The summed E-state index contributed by atoms with van der Waals surface area (Å²) in [6, 6.07) is 10.7. The maximum Gasteiger partial charge on any atom is 0.315 e. The van der Waals surface area contributed by atoms with E-state index in [1.54, 1.807) is 4.90 Å². The van der Waals surface area contributed by atoms with Crippen LogP contribution < -0.4 is 9.80 Å². The lowest BCUT2D eigenvalue weighted by atomic mass is 9.55. The van der Waals surface area contributed by atoms with Crippen molar-refractivity contribution in [3.63, 3.8) is 0 Å². The molecule has 5 nitrogen and oxygen atoms in total. The number of allylic oxidation sites excluding steroid dienone is 1. The maximum absolute atomic E-state index is 12.9. The van der Waals surface area contributed by atoms with E-state index < -0.39 is 6.10 Å². The molecular weight excluding hydrogens is 388 g/mol. The highest BCUT2D eigenvalue weighted by molar-refractivity contribution is 5.76. The van der Waals surface area contributed by atoms with Gasteiger partial charge in [0.15, 0.2) is 0 Å². The molecule has 2 aliphatic carbocycles. The molecule has 0 radical (unpaired) electrons. The van der Waals surface area contributed by atoms with Crippen LogP contribution in [0, 0.1) is 23.2 Å². The molecule has 0 amide bonds. The highest BCUT2D eigenvalue weighted by atomic mass is 16.6. The van der Waals surface area contributed by atoms with Crippen molar-refractivity contribution in [3.05, 3.63) is 47.5 Å². The number of carbonyl (C=O) groups is 1. The molecule has 0 bridgehead atoms. The minimum Gasteiger partial charge on any atom is -0.461 e. The molecule has 6 atom stereocenters. The molecule has 1 aromatic rings. The van der Waals surface area contributed by atoms with Crippen LogP contribution in [0.1, 0.15) is 38.7 Å². The van der Waals surface area contributed by atoms with Crippen molar-refractivity contribution in [2.75, 3.05) is 32.7 Å². The van der Waals surface area contributed by atoms with Crippen molar-refractivity contribution in [2.45, 2.75) is 51.9 Å². The molecule has 31 heavy (non-hydrogen) atoms. The second-order valence-electron chi connectivity index (χ2n) is 10.7. The van der Waals surface area contributed by atoms with E-state index >= 15 is 0 Å².